The normalized spacial score (nSPS) is 18.5. The molecule has 0 amide bonds. The zero-order valence-electron chi connectivity index (χ0n) is 14.4. The number of methoxy groups -OCH3 is 2. The van der Waals surface area contributed by atoms with Gasteiger partial charge in [-0.25, -0.2) is 0 Å². The molecule has 0 atom stereocenters. The van der Waals surface area contributed by atoms with Crippen molar-refractivity contribution in [3.63, 3.8) is 0 Å². The Kier molecular flexibility index (Phi) is 3.81. The largest absolute Gasteiger partial charge is 0.496 e. The summed E-state index contributed by atoms with van der Waals surface area (Å²) in [5, 5.41) is 0. The number of fused-ring (bicyclic) bond motifs is 2. The number of hydrogen-bond donors (Lipinski definition) is 0. The highest BCUT2D eigenvalue weighted by Crippen LogP contribution is 2.36. The van der Waals surface area contributed by atoms with E-state index in [1.54, 1.807) is 50.6 Å². The standard InChI is InChI=1S/C22H16O4/c1-25-19-11-17(21(23)15-9-5-3-7-13(15)19)18-12-20(26-2)14-8-4-6-10-16(14)22(18)24/h3-12H,1-2H3/b18-17-. The molecule has 0 radical (unpaired) electrons. The van der Waals surface area contributed by atoms with Gasteiger partial charge in [-0.2, -0.15) is 0 Å². The number of rotatable bonds is 2. The molecule has 0 aromatic heterocycles. The van der Waals surface area contributed by atoms with Gasteiger partial charge in [-0.1, -0.05) is 48.5 Å². The highest BCUT2D eigenvalue weighted by atomic mass is 16.5. The van der Waals surface area contributed by atoms with Crippen molar-refractivity contribution in [2.24, 2.45) is 0 Å². The van der Waals surface area contributed by atoms with E-state index in [2.05, 4.69) is 0 Å². The van der Waals surface area contributed by atoms with Crippen LogP contribution in [0.15, 0.2) is 71.8 Å². The first-order valence-electron chi connectivity index (χ1n) is 8.19. The highest BCUT2D eigenvalue weighted by Gasteiger charge is 2.31. The van der Waals surface area contributed by atoms with Crippen LogP contribution in [0.2, 0.25) is 0 Å². The molecule has 0 unspecified atom stereocenters. The van der Waals surface area contributed by atoms with E-state index < -0.39 is 0 Å². The fraction of sp³-hybridized carbons (Fsp3) is 0.0909. The predicted molar refractivity (Wildman–Crippen MR) is 98.5 cm³/mol. The van der Waals surface area contributed by atoms with Gasteiger partial charge in [0, 0.05) is 33.4 Å². The molecule has 4 rings (SSSR count). The second-order valence-electron chi connectivity index (χ2n) is 6.00. The molecule has 128 valence electrons. The average molecular weight is 344 g/mol. The predicted octanol–water partition coefficient (Wildman–Crippen LogP) is 4.05. The summed E-state index contributed by atoms with van der Waals surface area (Å²) in [6.45, 7) is 0. The third-order valence-corrected chi connectivity index (χ3v) is 4.64. The molecule has 0 aliphatic heterocycles. The third-order valence-electron chi connectivity index (χ3n) is 4.64. The first-order chi connectivity index (χ1) is 12.7. The van der Waals surface area contributed by atoms with Gasteiger partial charge < -0.3 is 9.47 Å². The fourth-order valence-electron chi connectivity index (χ4n) is 3.37. The smallest absolute Gasteiger partial charge is 0.194 e. The summed E-state index contributed by atoms with van der Waals surface area (Å²) >= 11 is 0. The van der Waals surface area contributed by atoms with E-state index in [0.717, 1.165) is 11.1 Å². The Labute approximate surface area is 151 Å². The van der Waals surface area contributed by atoms with Crippen molar-refractivity contribution in [3.05, 3.63) is 94.1 Å². The Morgan fingerprint density at radius 3 is 1.27 bits per heavy atom. The molecule has 2 aromatic carbocycles. The maximum absolute atomic E-state index is 13.0. The summed E-state index contributed by atoms with van der Waals surface area (Å²) < 4.78 is 10.9. The lowest BCUT2D eigenvalue weighted by Gasteiger charge is -2.22. The number of carbonyl (C=O) groups is 2. The molecule has 0 saturated carbocycles. The van der Waals surface area contributed by atoms with Crippen molar-refractivity contribution >= 4 is 23.1 Å². The number of Topliss-reactive ketones (excluding diaryl/α,β-unsaturated/α-hetero) is 2. The first kappa shape index (κ1) is 16.1. The van der Waals surface area contributed by atoms with Gasteiger partial charge in [0.25, 0.3) is 0 Å². The number of benzene rings is 2. The van der Waals surface area contributed by atoms with Crippen LogP contribution in [0.25, 0.3) is 11.5 Å². The first-order valence-corrected chi connectivity index (χ1v) is 8.19. The van der Waals surface area contributed by atoms with Crippen molar-refractivity contribution < 1.29 is 19.1 Å². The molecule has 4 heteroatoms. The lowest BCUT2D eigenvalue weighted by atomic mass is 9.83. The Morgan fingerprint density at radius 2 is 0.923 bits per heavy atom. The van der Waals surface area contributed by atoms with Crippen molar-refractivity contribution in [1.82, 2.24) is 0 Å². The summed E-state index contributed by atoms with van der Waals surface area (Å²) in [6.07, 6.45) is 3.27. The van der Waals surface area contributed by atoms with Gasteiger partial charge in [0.15, 0.2) is 11.6 Å². The van der Waals surface area contributed by atoms with Crippen molar-refractivity contribution in [2.45, 2.75) is 0 Å². The molecule has 0 heterocycles. The summed E-state index contributed by atoms with van der Waals surface area (Å²) in [6, 6.07) is 14.4. The average Bonchev–Trinajstić information content (AvgIpc) is 2.69. The van der Waals surface area contributed by atoms with E-state index >= 15 is 0 Å². The van der Waals surface area contributed by atoms with Crippen LogP contribution in [0.3, 0.4) is 0 Å². The molecule has 26 heavy (non-hydrogen) atoms. The summed E-state index contributed by atoms with van der Waals surface area (Å²) in [7, 11) is 3.10. The zero-order chi connectivity index (χ0) is 18.3. The highest BCUT2D eigenvalue weighted by molar-refractivity contribution is 6.25. The van der Waals surface area contributed by atoms with Gasteiger partial charge >= 0.3 is 0 Å². The summed E-state index contributed by atoms with van der Waals surface area (Å²) in [5.41, 5.74) is 3.12. The molecule has 4 nitrogen and oxygen atoms in total. The monoisotopic (exact) mass is 344 g/mol. The molecule has 0 bridgehead atoms. The third kappa shape index (κ3) is 2.30. The van der Waals surface area contributed by atoms with Crippen LogP contribution in [0.1, 0.15) is 31.8 Å². The van der Waals surface area contributed by atoms with Crippen LogP contribution in [0.5, 0.6) is 0 Å². The quantitative estimate of drug-likeness (QED) is 0.771. The maximum atomic E-state index is 13.0. The molecular weight excluding hydrogens is 328 g/mol. The number of ketones is 2. The van der Waals surface area contributed by atoms with Crippen molar-refractivity contribution in [1.29, 1.82) is 0 Å². The van der Waals surface area contributed by atoms with Crippen LogP contribution >= 0.6 is 0 Å². The molecule has 2 aliphatic rings. The minimum atomic E-state index is -0.198. The van der Waals surface area contributed by atoms with Gasteiger partial charge in [0.1, 0.15) is 11.5 Å². The molecule has 0 N–H and O–H groups in total. The molecule has 0 fully saturated rings. The Hall–Kier alpha value is -3.40. The van der Waals surface area contributed by atoms with Crippen LogP contribution in [-0.4, -0.2) is 25.8 Å². The van der Waals surface area contributed by atoms with E-state index in [1.165, 1.54) is 0 Å². The lowest BCUT2D eigenvalue weighted by Crippen LogP contribution is -2.19. The number of allylic oxidation sites excluding steroid dienone is 4. The van der Waals surface area contributed by atoms with Gasteiger partial charge in [-0.05, 0) is 12.2 Å². The maximum Gasteiger partial charge on any atom is 0.194 e. The summed E-state index contributed by atoms with van der Waals surface area (Å²) in [4.78, 5) is 26.1. The van der Waals surface area contributed by atoms with Crippen LogP contribution in [0, 0.1) is 0 Å². The molecular formula is C22H16O4. The van der Waals surface area contributed by atoms with Crippen molar-refractivity contribution in [2.75, 3.05) is 14.2 Å². The number of hydrogen-bond acceptors (Lipinski definition) is 4. The second-order valence-corrected chi connectivity index (χ2v) is 6.00. The van der Waals surface area contributed by atoms with E-state index in [1.807, 2.05) is 24.3 Å². The fourth-order valence-corrected chi connectivity index (χ4v) is 3.37. The Balaban J connectivity index is 1.98. The minimum Gasteiger partial charge on any atom is -0.496 e. The second kappa shape index (κ2) is 6.15. The van der Waals surface area contributed by atoms with E-state index in [4.69, 9.17) is 9.47 Å². The number of carbonyl (C=O) groups excluding carboxylic acids is 2. The molecule has 2 aromatic rings. The van der Waals surface area contributed by atoms with Gasteiger partial charge in [0.2, 0.25) is 0 Å². The molecule has 0 spiro atoms. The Bertz CT molecular complexity index is 954. The van der Waals surface area contributed by atoms with Crippen LogP contribution in [0.4, 0.5) is 0 Å². The zero-order valence-corrected chi connectivity index (χ0v) is 14.4. The van der Waals surface area contributed by atoms with E-state index in [9.17, 15) is 9.59 Å². The Morgan fingerprint density at radius 1 is 0.577 bits per heavy atom. The van der Waals surface area contributed by atoms with Gasteiger partial charge in [-0.3, -0.25) is 9.59 Å². The van der Waals surface area contributed by atoms with Crippen molar-refractivity contribution in [3.8, 4) is 0 Å². The lowest BCUT2D eigenvalue weighted by molar-refractivity contribution is 0.100. The molecule has 0 saturated heterocycles. The van der Waals surface area contributed by atoms with E-state index in [0.29, 0.717) is 33.8 Å². The van der Waals surface area contributed by atoms with Gasteiger partial charge in [-0.15, -0.1) is 0 Å². The number of ether oxygens (including phenoxy) is 2. The van der Waals surface area contributed by atoms with E-state index in [-0.39, 0.29) is 11.6 Å². The summed E-state index contributed by atoms with van der Waals surface area (Å²) in [5.74, 6) is 0.718. The topological polar surface area (TPSA) is 52.6 Å². The van der Waals surface area contributed by atoms with Crippen LogP contribution in [-0.2, 0) is 9.47 Å². The minimum absolute atomic E-state index is 0.198. The molecule has 2 aliphatic carbocycles. The van der Waals surface area contributed by atoms with Gasteiger partial charge in [0.05, 0.1) is 14.2 Å². The SMILES string of the molecule is COC1=C/C(=C2\C=C(OC)c3ccccc3C2=O)C(=O)c2ccccc21. The van der Waals surface area contributed by atoms with Crippen LogP contribution < -0.4 is 0 Å².